The van der Waals surface area contributed by atoms with Gasteiger partial charge < -0.3 is 0 Å². The highest BCUT2D eigenvalue weighted by molar-refractivity contribution is 7.22. The van der Waals surface area contributed by atoms with Gasteiger partial charge in [-0.2, -0.15) is 0 Å². The lowest BCUT2D eigenvalue weighted by Crippen LogP contribution is -2.27. The Morgan fingerprint density at radius 1 is 1.00 bits per heavy atom. The lowest BCUT2D eigenvalue weighted by molar-refractivity contribution is -0.117. The summed E-state index contributed by atoms with van der Waals surface area (Å²) in [6, 6.07) is 16.4. The molecule has 1 amide bonds. The molecule has 0 radical (unpaired) electrons. The van der Waals surface area contributed by atoms with E-state index in [1.165, 1.54) is 28.4 Å². The van der Waals surface area contributed by atoms with Gasteiger partial charge in [-0.3, -0.25) is 9.69 Å². The van der Waals surface area contributed by atoms with Crippen LogP contribution in [0.4, 0.5) is 15.2 Å². The minimum atomic E-state index is -0.530. The van der Waals surface area contributed by atoms with Gasteiger partial charge in [0.25, 0.3) is 0 Å². The molecule has 0 fully saturated rings. The van der Waals surface area contributed by atoms with Gasteiger partial charge in [-0.25, -0.2) is 9.37 Å². The Morgan fingerprint density at radius 2 is 1.72 bits per heavy atom. The first kappa shape index (κ1) is 20.1. The fourth-order valence-electron chi connectivity index (χ4n) is 2.86. The average Bonchev–Trinajstić information content (AvgIpc) is 3.09. The zero-order valence-corrected chi connectivity index (χ0v) is 17.8. The van der Waals surface area contributed by atoms with E-state index in [1.807, 2.05) is 0 Å². The van der Waals surface area contributed by atoms with E-state index in [2.05, 4.69) is 4.98 Å². The van der Waals surface area contributed by atoms with E-state index >= 15 is 0 Å². The van der Waals surface area contributed by atoms with Crippen LogP contribution < -0.4 is 4.90 Å². The molecular weight excluding hydrogens is 454 g/mol. The van der Waals surface area contributed by atoms with Crippen molar-refractivity contribution in [1.29, 1.82) is 0 Å². The molecule has 3 aromatic carbocycles. The number of rotatable bonds is 4. The second-order valence-corrected chi connectivity index (χ2v) is 8.48. The third kappa shape index (κ3) is 4.23. The van der Waals surface area contributed by atoms with Crippen molar-refractivity contribution in [2.75, 3.05) is 4.90 Å². The number of carbonyl (C=O) groups is 1. The van der Waals surface area contributed by atoms with E-state index in [0.717, 1.165) is 4.70 Å². The third-order valence-corrected chi connectivity index (χ3v) is 6.10. The summed E-state index contributed by atoms with van der Waals surface area (Å²) in [6.45, 7) is 0. The molecular formula is C21H12Cl3FN2OS. The first-order chi connectivity index (χ1) is 13.9. The molecule has 0 N–H and O–H groups in total. The van der Waals surface area contributed by atoms with Gasteiger partial charge in [-0.05, 0) is 54.6 Å². The number of aromatic nitrogens is 1. The number of fused-ring (bicyclic) bond motifs is 1. The summed E-state index contributed by atoms with van der Waals surface area (Å²) >= 11 is 19.5. The van der Waals surface area contributed by atoms with Gasteiger partial charge in [0.15, 0.2) is 5.13 Å². The molecule has 1 aromatic heterocycles. The number of halogens is 4. The SMILES string of the molecule is O=C(Cc1c(F)cccc1Cl)N(c1ccc(Cl)cc1)c1nc2ccc(Cl)cc2s1. The molecule has 0 aliphatic rings. The second-order valence-electron chi connectivity index (χ2n) is 6.19. The first-order valence-electron chi connectivity index (χ1n) is 8.50. The number of hydrogen-bond acceptors (Lipinski definition) is 3. The normalized spacial score (nSPS) is 11.0. The van der Waals surface area contributed by atoms with Crippen molar-refractivity contribution >= 4 is 73.1 Å². The van der Waals surface area contributed by atoms with Crippen molar-refractivity contribution in [3.63, 3.8) is 0 Å². The van der Waals surface area contributed by atoms with Crippen LogP contribution in [0.2, 0.25) is 15.1 Å². The predicted molar refractivity (Wildman–Crippen MR) is 118 cm³/mol. The molecule has 4 rings (SSSR count). The Balaban J connectivity index is 1.79. The second kappa shape index (κ2) is 8.28. The van der Waals surface area contributed by atoms with E-state index in [1.54, 1.807) is 48.5 Å². The maximum atomic E-state index is 14.2. The third-order valence-electron chi connectivity index (χ3n) is 4.25. The van der Waals surface area contributed by atoms with Gasteiger partial charge in [0, 0.05) is 20.6 Å². The number of thiazole rings is 1. The Morgan fingerprint density at radius 3 is 2.45 bits per heavy atom. The van der Waals surface area contributed by atoms with Crippen molar-refractivity contribution in [3.05, 3.63) is 87.1 Å². The van der Waals surface area contributed by atoms with Crippen molar-refractivity contribution in [1.82, 2.24) is 4.98 Å². The van der Waals surface area contributed by atoms with Crippen molar-refractivity contribution in [2.24, 2.45) is 0 Å². The largest absolute Gasteiger partial charge is 0.274 e. The number of carbonyl (C=O) groups excluding carboxylic acids is 1. The van der Waals surface area contributed by atoms with E-state index in [9.17, 15) is 9.18 Å². The standard InChI is InChI=1S/C21H12Cl3FN2OS/c22-12-4-7-14(8-5-12)27(20(28)11-15-16(24)2-1-3-17(15)25)21-26-18-9-6-13(23)10-19(18)29-21/h1-10H,11H2. The highest BCUT2D eigenvalue weighted by atomic mass is 35.5. The van der Waals surface area contributed by atoms with Crippen LogP contribution in [-0.2, 0) is 11.2 Å². The highest BCUT2D eigenvalue weighted by Gasteiger charge is 2.24. The number of benzene rings is 3. The van der Waals surface area contributed by atoms with Crippen LogP contribution in [0.5, 0.6) is 0 Å². The molecule has 0 aliphatic carbocycles. The van der Waals surface area contributed by atoms with E-state index in [0.29, 0.717) is 26.4 Å². The fraction of sp³-hybridized carbons (Fsp3) is 0.0476. The molecule has 8 heteroatoms. The summed E-state index contributed by atoms with van der Waals surface area (Å²) < 4.78 is 15.1. The molecule has 4 aromatic rings. The smallest absolute Gasteiger partial charge is 0.237 e. The molecule has 0 spiro atoms. The summed E-state index contributed by atoms with van der Waals surface area (Å²) in [7, 11) is 0. The number of anilines is 2. The predicted octanol–water partition coefficient (Wildman–Crippen LogP) is 7.30. The lowest BCUT2D eigenvalue weighted by Gasteiger charge is -2.20. The molecule has 1 heterocycles. The van der Waals surface area contributed by atoms with Gasteiger partial charge in [-0.15, -0.1) is 0 Å². The molecule has 0 aliphatic heterocycles. The van der Waals surface area contributed by atoms with Crippen LogP contribution in [0.15, 0.2) is 60.7 Å². The summed E-state index contributed by atoms with van der Waals surface area (Å²) in [6.07, 6.45) is -0.217. The van der Waals surface area contributed by atoms with Crippen LogP contribution in [-0.4, -0.2) is 10.9 Å². The van der Waals surface area contributed by atoms with Crippen LogP contribution in [0.3, 0.4) is 0 Å². The van der Waals surface area contributed by atoms with Gasteiger partial charge >= 0.3 is 0 Å². The molecule has 0 saturated carbocycles. The minimum absolute atomic E-state index is 0.141. The number of amides is 1. The molecule has 0 saturated heterocycles. The Hall–Kier alpha value is -2.18. The molecule has 0 unspecified atom stereocenters. The number of hydrogen-bond donors (Lipinski definition) is 0. The average molecular weight is 466 g/mol. The first-order valence-corrected chi connectivity index (χ1v) is 10.4. The summed E-state index contributed by atoms with van der Waals surface area (Å²) in [5, 5.41) is 1.76. The van der Waals surface area contributed by atoms with Crippen LogP contribution in [0.25, 0.3) is 10.2 Å². The van der Waals surface area contributed by atoms with Crippen molar-refractivity contribution < 1.29 is 9.18 Å². The van der Waals surface area contributed by atoms with Gasteiger partial charge in [0.1, 0.15) is 5.82 Å². The fourth-order valence-corrected chi connectivity index (χ4v) is 4.50. The highest BCUT2D eigenvalue weighted by Crippen LogP contribution is 2.36. The maximum absolute atomic E-state index is 14.2. The Kier molecular flexibility index (Phi) is 5.74. The molecule has 29 heavy (non-hydrogen) atoms. The minimum Gasteiger partial charge on any atom is -0.274 e. The topological polar surface area (TPSA) is 33.2 Å². The molecule has 146 valence electrons. The quantitative estimate of drug-likeness (QED) is 0.317. The van der Waals surface area contributed by atoms with Gasteiger partial charge in [0.2, 0.25) is 5.91 Å². The molecule has 3 nitrogen and oxygen atoms in total. The summed E-state index contributed by atoms with van der Waals surface area (Å²) in [4.78, 5) is 19.3. The van der Waals surface area contributed by atoms with Crippen molar-refractivity contribution in [3.8, 4) is 0 Å². The molecule has 0 atom stereocenters. The summed E-state index contributed by atoms with van der Waals surface area (Å²) in [5.41, 5.74) is 1.42. The van der Waals surface area contributed by atoms with Crippen LogP contribution in [0, 0.1) is 5.82 Å². The zero-order valence-electron chi connectivity index (χ0n) is 14.7. The number of nitrogens with zero attached hydrogens (tertiary/aromatic N) is 2. The van der Waals surface area contributed by atoms with Crippen LogP contribution >= 0.6 is 46.1 Å². The molecule has 0 bridgehead atoms. The van der Waals surface area contributed by atoms with Crippen LogP contribution in [0.1, 0.15) is 5.56 Å². The van der Waals surface area contributed by atoms with E-state index < -0.39 is 5.82 Å². The zero-order chi connectivity index (χ0) is 20.5. The van der Waals surface area contributed by atoms with E-state index in [4.69, 9.17) is 34.8 Å². The monoisotopic (exact) mass is 464 g/mol. The Bertz CT molecular complexity index is 1190. The van der Waals surface area contributed by atoms with E-state index in [-0.39, 0.29) is 22.9 Å². The van der Waals surface area contributed by atoms with Gasteiger partial charge in [-0.1, -0.05) is 52.2 Å². The summed E-state index contributed by atoms with van der Waals surface area (Å²) in [5.74, 6) is -0.900. The lowest BCUT2D eigenvalue weighted by atomic mass is 10.1. The maximum Gasteiger partial charge on any atom is 0.237 e. The van der Waals surface area contributed by atoms with Crippen molar-refractivity contribution in [2.45, 2.75) is 6.42 Å². The Labute approximate surface area is 185 Å². The van der Waals surface area contributed by atoms with Gasteiger partial charge in [0.05, 0.1) is 22.3 Å².